The van der Waals surface area contributed by atoms with Crippen LogP contribution in [0.15, 0.2) is 18.3 Å². The summed E-state index contributed by atoms with van der Waals surface area (Å²) in [5.41, 5.74) is 6.17. The Morgan fingerprint density at radius 3 is 3.11 bits per heavy atom. The van der Waals surface area contributed by atoms with E-state index >= 15 is 0 Å². The van der Waals surface area contributed by atoms with Gasteiger partial charge in [0.1, 0.15) is 5.82 Å². The Balaban J connectivity index is 1.95. The van der Waals surface area contributed by atoms with Gasteiger partial charge in [-0.2, -0.15) is 11.8 Å². The predicted molar refractivity (Wildman–Crippen MR) is 75.7 cm³/mol. The molecule has 98 valence electrons. The van der Waals surface area contributed by atoms with Gasteiger partial charge in [0.15, 0.2) is 0 Å². The van der Waals surface area contributed by atoms with E-state index in [9.17, 15) is 4.79 Å². The number of hydrogen-bond donors (Lipinski definition) is 2. The zero-order chi connectivity index (χ0) is 13.0. The van der Waals surface area contributed by atoms with E-state index in [-0.39, 0.29) is 11.9 Å². The topological polar surface area (TPSA) is 68.0 Å². The van der Waals surface area contributed by atoms with Gasteiger partial charge in [-0.05, 0) is 37.7 Å². The van der Waals surface area contributed by atoms with Gasteiger partial charge in [0.2, 0.25) is 0 Å². The summed E-state index contributed by atoms with van der Waals surface area (Å²) in [5, 5.41) is 3.76. The lowest BCUT2D eigenvalue weighted by atomic mass is 9.94. The summed E-state index contributed by atoms with van der Waals surface area (Å²) >= 11 is 1.89. The third-order valence-electron chi connectivity index (χ3n) is 3.34. The fourth-order valence-corrected chi connectivity index (χ4v) is 3.18. The maximum Gasteiger partial charge on any atom is 0.251 e. The van der Waals surface area contributed by atoms with Crippen molar-refractivity contribution in [3.8, 4) is 0 Å². The van der Waals surface area contributed by atoms with Crippen LogP contribution in [0.5, 0.6) is 0 Å². The number of anilines is 1. The number of nitrogens with zero attached hydrogens (tertiary/aromatic N) is 1. The highest BCUT2D eigenvalue weighted by Gasteiger charge is 2.22. The van der Waals surface area contributed by atoms with Crippen molar-refractivity contribution < 1.29 is 4.79 Å². The van der Waals surface area contributed by atoms with E-state index in [0.29, 0.717) is 16.6 Å². The Kier molecular flexibility index (Phi) is 4.47. The van der Waals surface area contributed by atoms with E-state index in [1.54, 1.807) is 18.3 Å². The highest BCUT2D eigenvalue weighted by Crippen LogP contribution is 2.27. The molecule has 1 heterocycles. The van der Waals surface area contributed by atoms with Gasteiger partial charge in [0.25, 0.3) is 5.91 Å². The number of carbonyl (C=O) groups is 1. The van der Waals surface area contributed by atoms with Crippen LogP contribution in [0.25, 0.3) is 0 Å². The number of thioether (sulfide) groups is 1. The molecule has 18 heavy (non-hydrogen) atoms. The van der Waals surface area contributed by atoms with Gasteiger partial charge in [0, 0.05) is 23.1 Å². The molecule has 1 fully saturated rings. The summed E-state index contributed by atoms with van der Waals surface area (Å²) in [6, 6.07) is 3.60. The molecule has 2 rings (SSSR count). The van der Waals surface area contributed by atoms with Crippen LogP contribution in [-0.4, -0.2) is 28.4 Å². The molecular formula is C13H19N3OS. The minimum absolute atomic E-state index is 0.0455. The lowest BCUT2D eigenvalue weighted by Crippen LogP contribution is -2.39. The number of nitrogen functional groups attached to an aromatic ring is 1. The Labute approximate surface area is 112 Å². The molecule has 0 bridgehead atoms. The number of aromatic nitrogens is 1. The Morgan fingerprint density at radius 1 is 1.56 bits per heavy atom. The first-order chi connectivity index (χ1) is 8.69. The first-order valence-electron chi connectivity index (χ1n) is 6.24. The molecule has 1 saturated carbocycles. The zero-order valence-electron chi connectivity index (χ0n) is 10.6. The third kappa shape index (κ3) is 3.38. The molecule has 0 radical (unpaired) electrons. The fourth-order valence-electron chi connectivity index (χ4n) is 2.35. The maximum absolute atomic E-state index is 12.1. The Hall–Kier alpha value is -1.23. The summed E-state index contributed by atoms with van der Waals surface area (Å²) in [5.74, 6) is 0.337. The third-order valence-corrected chi connectivity index (χ3v) is 4.43. The fraction of sp³-hybridized carbons (Fsp3) is 0.538. The monoisotopic (exact) mass is 265 g/mol. The summed E-state index contributed by atoms with van der Waals surface area (Å²) in [6.45, 7) is 0. The first kappa shape index (κ1) is 13.2. The summed E-state index contributed by atoms with van der Waals surface area (Å²) in [4.78, 5) is 15.9. The van der Waals surface area contributed by atoms with Crippen molar-refractivity contribution in [1.29, 1.82) is 0 Å². The first-order valence-corrected chi connectivity index (χ1v) is 7.53. The lowest BCUT2D eigenvalue weighted by Gasteiger charge is -2.28. The average Bonchev–Trinajstić information content (AvgIpc) is 2.39. The molecule has 1 aromatic rings. The lowest BCUT2D eigenvalue weighted by molar-refractivity contribution is 0.0928. The van der Waals surface area contributed by atoms with E-state index in [2.05, 4.69) is 16.6 Å². The van der Waals surface area contributed by atoms with E-state index in [1.165, 1.54) is 12.8 Å². The molecule has 4 nitrogen and oxygen atoms in total. The molecule has 1 amide bonds. The van der Waals surface area contributed by atoms with E-state index in [0.717, 1.165) is 12.8 Å². The number of pyridine rings is 1. The van der Waals surface area contributed by atoms with Gasteiger partial charge >= 0.3 is 0 Å². The SMILES string of the molecule is CSC1CCCC(NC(=O)c2ccnc(N)c2)C1. The smallest absolute Gasteiger partial charge is 0.251 e. The van der Waals surface area contributed by atoms with Crippen LogP contribution in [0.2, 0.25) is 0 Å². The number of nitrogens with two attached hydrogens (primary N) is 1. The number of amides is 1. The van der Waals surface area contributed by atoms with E-state index < -0.39 is 0 Å². The van der Waals surface area contributed by atoms with E-state index in [1.807, 2.05) is 11.8 Å². The van der Waals surface area contributed by atoms with Gasteiger partial charge in [-0.1, -0.05) is 6.42 Å². The molecule has 2 atom stereocenters. The molecular weight excluding hydrogens is 246 g/mol. The van der Waals surface area contributed by atoms with Gasteiger partial charge in [0.05, 0.1) is 0 Å². The standard InChI is InChI=1S/C13H19N3OS/c1-18-11-4-2-3-10(8-11)16-13(17)9-5-6-15-12(14)7-9/h5-7,10-11H,2-4,8H2,1H3,(H2,14,15)(H,16,17). The quantitative estimate of drug-likeness (QED) is 0.878. The van der Waals surface area contributed by atoms with E-state index in [4.69, 9.17) is 5.73 Å². The van der Waals surface area contributed by atoms with Crippen molar-refractivity contribution in [1.82, 2.24) is 10.3 Å². The van der Waals surface area contributed by atoms with Crippen LogP contribution in [0.3, 0.4) is 0 Å². The molecule has 1 aliphatic rings. The largest absolute Gasteiger partial charge is 0.384 e. The highest BCUT2D eigenvalue weighted by molar-refractivity contribution is 7.99. The molecule has 0 aromatic carbocycles. The molecule has 0 saturated heterocycles. The second-order valence-electron chi connectivity index (χ2n) is 4.66. The number of rotatable bonds is 3. The van der Waals surface area contributed by atoms with Gasteiger partial charge in [-0.3, -0.25) is 4.79 Å². The number of nitrogens with one attached hydrogen (secondary N) is 1. The molecule has 3 N–H and O–H groups in total. The summed E-state index contributed by atoms with van der Waals surface area (Å²) < 4.78 is 0. The minimum Gasteiger partial charge on any atom is -0.384 e. The van der Waals surface area contributed by atoms with Crippen LogP contribution in [0.4, 0.5) is 5.82 Å². The van der Waals surface area contributed by atoms with Crippen LogP contribution >= 0.6 is 11.8 Å². The molecule has 5 heteroatoms. The average molecular weight is 265 g/mol. The van der Waals surface area contributed by atoms with Crippen LogP contribution in [0, 0.1) is 0 Å². The van der Waals surface area contributed by atoms with Crippen LogP contribution in [0.1, 0.15) is 36.0 Å². The normalized spacial score (nSPS) is 23.6. The molecule has 1 aromatic heterocycles. The van der Waals surface area contributed by atoms with Crippen molar-refractivity contribution in [3.63, 3.8) is 0 Å². The molecule has 0 aliphatic heterocycles. The summed E-state index contributed by atoms with van der Waals surface area (Å²) in [6.07, 6.45) is 8.29. The summed E-state index contributed by atoms with van der Waals surface area (Å²) in [7, 11) is 0. The molecule has 2 unspecified atom stereocenters. The molecule has 0 spiro atoms. The van der Waals surface area contributed by atoms with Crippen LogP contribution < -0.4 is 11.1 Å². The van der Waals surface area contributed by atoms with Crippen molar-refractivity contribution in [2.24, 2.45) is 0 Å². The zero-order valence-corrected chi connectivity index (χ0v) is 11.4. The van der Waals surface area contributed by atoms with Crippen molar-refractivity contribution in [2.45, 2.75) is 37.0 Å². The maximum atomic E-state index is 12.1. The van der Waals surface area contributed by atoms with Gasteiger partial charge in [-0.25, -0.2) is 4.98 Å². The van der Waals surface area contributed by atoms with Crippen molar-refractivity contribution >= 4 is 23.5 Å². The second kappa shape index (κ2) is 6.09. The molecule has 1 aliphatic carbocycles. The minimum atomic E-state index is -0.0455. The van der Waals surface area contributed by atoms with Gasteiger partial charge < -0.3 is 11.1 Å². The highest BCUT2D eigenvalue weighted by atomic mass is 32.2. The van der Waals surface area contributed by atoms with Gasteiger partial charge in [-0.15, -0.1) is 0 Å². The van der Waals surface area contributed by atoms with Crippen molar-refractivity contribution in [3.05, 3.63) is 23.9 Å². The number of carbonyl (C=O) groups excluding carboxylic acids is 1. The Bertz CT molecular complexity index is 424. The van der Waals surface area contributed by atoms with Crippen molar-refractivity contribution in [2.75, 3.05) is 12.0 Å². The number of hydrogen-bond acceptors (Lipinski definition) is 4. The Morgan fingerprint density at radius 2 is 2.39 bits per heavy atom. The van der Waals surface area contributed by atoms with Crippen LogP contribution in [-0.2, 0) is 0 Å². The predicted octanol–water partition coefficient (Wildman–Crippen LogP) is 2.07. The second-order valence-corrected chi connectivity index (χ2v) is 5.80.